The van der Waals surface area contributed by atoms with Crippen LogP contribution in [0.3, 0.4) is 0 Å². The molecule has 0 fully saturated rings. The van der Waals surface area contributed by atoms with Crippen molar-refractivity contribution in [2.45, 2.75) is 65.2 Å². The van der Waals surface area contributed by atoms with Gasteiger partial charge in [0.2, 0.25) is 0 Å². The normalized spacial score (nSPS) is 11.6. The van der Waals surface area contributed by atoms with Crippen LogP contribution in [-0.2, 0) is 0 Å². The lowest BCUT2D eigenvalue weighted by atomic mass is 10.0. The van der Waals surface area contributed by atoms with Crippen molar-refractivity contribution in [2.75, 3.05) is 13.2 Å². The van der Waals surface area contributed by atoms with Crippen LogP contribution in [0.25, 0.3) is 32.9 Å². The van der Waals surface area contributed by atoms with Gasteiger partial charge < -0.3 is 19.0 Å². The van der Waals surface area contributed by atoms with E-state index in [2.05, 4.69) is 33.5 Å². The fraction of sp³-hybridized carbons (Fsp3) is 0.245. The Hall–Kier alpha value is -6.61. The first-order valence-electron chi connectivity index (χ1n) is 20.1. The van der Waals surface area contributed by atoms with E-state index in [0.717, 1.165) is 101 Å². The van der Waals surface area contributed by atoms with E-state index in [1.165, 1.54) is 12.5 Å². The lowest BCUT2D eigenvalue weighted by molar-refractivity contribution is 0.300. The molecule has 0 amide bonds. The minimum Gasteiger partial charge on any atom is -0.507 e. The van der Waals surface area contributed by atoms with Crippen molar-refractivity contribution in [3.05, 3.63) is 149 Å². The predicted octanol–water partition coefficient (Wildman–Crippen LogP) is 14.3. The molecule has 0 bridgehead atoms. The number of aryl methyl sites for hydroxylation is 2. The molecule has 294 valence electrons. The minimum absolute atomic E-state index is 0.0235. The lowest BCUT2D eigenvalue weighted by Crippen LogP contribution is -2.00. The summed E-state index contributed by atoms with van der Waals surface area (Å²) in [6.07, 6.45) is 8.61. The Kier molecular flexibility index (Phi) is 13.3. The summed E-state index contributed by atoms with van der Waals surface area (Å²) in [5.74, 6) is 1.24. The Balaban J connectivity index is 0.836. The maximum atomic E-state index is 12.3. The minimum atomic E-state index is -0.471. The molecule has 0 atom stereocenters. The highest BCUT2D eigenvalue weighted by Gasteiger charge is 2.14. The summed E-state index contributed by atoms with van der Waals surface area (Å²) >= 11 is 0. The van der Waals surface area contributed by atoms with E-state index < -0.39 is 5.63 Å². The van der Waals surface area contributed by atoms with Crippen LogP contribution in [0.15, 0.2) is 157 Å². The summed E-state index contributed by atoms with van der Waals surface area (Å²) < 4.78 is 17.7. The van der Waals surface area contributed by atoms with Gasteiger partial charge in [0.1, 0.15) is 28.5 Å². The second-order valence-corrected chi connectivity index (χ2v) is 14.5. The number of unbranched alkanes of at least 4 members (excludes halogenated alkanes) is 7. The van der Waals surface area contributed by atoms with E-state index in [0.29, 0.717) is 35.5 Å². The third-order valence-corrected chi connectivity index (χ3v) is 10.1. The number of hydrogen-bond acceptors (Lipinski definition) is 9. The SMILES string of the molecule is Cc1ccccc1N=Nc1ccc(N=Nc2c(OCCCCCCCCCCOc3cc(O)c4c(-c5ccccc5)cc(=O)oc4c3)ccc3ccccc23)c(C)c1. The van der Waals surface area contributed by atoms with Crippen molar-refractivity contribution in [3.63, 3.8) is 0 Å². The Morgan fingerprint density at radius 3 is 2.03 bits per heavy atom. The van der Waals surface area contributed by atoms with E-state index in [9.17, 15) is 9.90 Å². The van der Waals surface area contributed by atoms with E-state index in [-0.39, 0.29) is 5.75 Å². The van der Waals surface area contributed by atoms with Gasteiger partial charge in [0, 0.05) is 29.1 Å². The zero-order chi connectivity index (χ0) is 40.1. The number of ether oxygens (including phenoxy) is 2. The quantitative estimate of drug-likeness (QED) is 0.0529. The number of phenolic OH excluding ortho intramolecular Hbond substituents is 1. The van der Waals surface area contributed by atoms with Crippen LogP contribution in [-0.4, -0.2) is 18.3 Å². The molecule has 1 aromatic heterocycles. The van der Waals surface area contributed by atoms with E-state index in [1.54, 1.807) is 12.1 Å². The molecule has 1 heterocycles. The van der Waals surface area contributed by atoms with Gasteiger partial charge in [-0.3, -0.25) is 0 Å². The molecular formula is C49H48N4O5. The number of nitrogens with zero attached hydrogens (tertiary/aromatic N) is 4. The Morgan fingerprint density at radius 1 is 0.586 bits per heavy atom. The van der Waals surface area contributed by atoms with Crippen molar-refractivity contribution in [2.24, 2.45) is 20.5 Å². The molecular weight excluding hydrogens is 725 g/mol. The van der Waals surface area contributed by atoms with Crippen molar-refractivity contribution in [3.8, 4) is 28.4 Å². The predicted molar refractivity (Wildman–Crippen MR) is 232 cm³/mol. The molecule has 7 aromatic rings. The molecule has 0 spiro atoms. The second kappa shape index (κ2) is 19.5. The first-order valence-corrected chi connectivity index (χ1v) is 20.1. The molecule has 9 nitrogen and oxygen atoms in total. The van der Waals surface area contributed by atoms with E-state index in [1.807, 2.05) is 105 Å². The summed E-state index contributed by atoms with van der Waals surface area (Å²) in [5.41, 5.74) is 6.44. The average molecular weight is 773 g/mol. The number of rotatable bonds is 18. The monoisotopic (exact) mass is 772 g/mol. The average Bonchev–Trinajstić information content (AvgIpc) is 3.23. The smallest absolute Gasteiger partial charge is 0.336 e. The van der Waals surface area contributed by atoms with Gasteiger partial charge in [0.15, 0.2) is 0 Å². The number of phenols is 1. The third-order valence-electron chi connectivity index (χ3n) is 10.1. The van der Waals surface area contributed by atoms with Gasteiger partial charge in [-0.2, -0.15) is 15.3 Å². The van der Waals surface area contributed by atoms with Gasteiger partial charge in [-0.25, -0.2) is 4.79 Å². The van der Waals surface area contributed by atoms with Gasteiger partial charge in [-0.1, -0.05) is 117 Å². The van der Waals surface area contributed by atoms with Crippen molar-refractivity contribution in [1.29, 1.82) is 0 Å². The molecule has 0 unspecified atom stereocenters. The van der Waals surface area contributed by atoms with Crippen LogP contribution in [0.5, 0.6) is 17.2 Å². The molecule has 7 rings (SSSR count). The fourth-order valence-corrected chi connectivity index (χ4v) is 6.98. The van der Waals surface area contributed by atoms with Gasteiger partial charge >= 0.3 is 5.63 Å². The number of aromatic hydroxyl groups is 1. The maximum absolute atomic E-state index is 12.3. The van der Waals surface area contributed by atoms with E-state index >= 15 is 0 Å². The highest BCUT2D eigenvalue weighted by atomic mass is 16.5. The number of hydrogen-bond donors (Lipinski definition) is 1. The van der Waals surface area contributed by atoms with Crippen molar-refractivity contribution in [1.82, 2.24) is 0 Å². The summed E-state index contributed by atoms with van der Waals surface area (Å²) in [4.78, 5) is 12.3. The molecule has 9 heteroatoms. The van der Waals surface area contributed by atoms with Crippen molar-refractivity contribution >= 4 is 44.5 Å². The molecule has 58 heavy (non-hydrogen) atoms. The number of fused-ring (bicyclic) bond motifs is 2. The molecule has 0 radical (unpaired) electrons. The van der Waals surface area contributed by atoms with Gasteiger partial charge in [-0.15, -0.1) is 5.11 Å². The van der Waals surface area contributed by atoms with Crippen LogP contribution in [0.4, 0.5) is 22.7 Å². The largest absolute Gasteiger partial charge is 0.507 e. The molecule has 0 aliphatic rings. The first kappa shape index (κ1) is 39.6. The molecule has 0 aliphatic carbocycles. The van der Waals surface area contributed by atoms with Gasteiger partial charge in [0.05, 0.1) is 35.7 Å². The third kappa shape index (κ3) is 10.2. The topological polar surface area (TPSA) is 118 Å². The summed E-state index contributed by atoms with van der Waals surface area (Å²) in [7, 11) is 0. The molecule has 0 saturated heterocycles. The molecule has 0 saturated carbocycles. The molecule has 0 aliphatic heterocycles. The highest BCUT2D eigenvalue weighted by Crippen LogP contribution is 2.39. The molecule has 6 aromatic carbocycles. The maximum Gasteiger partial charge on any atom is 0.336 e. The number of azo groups is 2. The van der Waals surface area contributed by atoms with Gasteiger partial charge in [0.25, 0.3) is 0 Å². The van der Waals surface area contributed by atoms with Crippen LogP contribution < -0.4 is 15.1 Å². The van der Waals surface area contributed by atoms with Gasteiger partial charge in [-0.05, 0) is 79.1 Å². The van der Waals surface area contributed by atoms with Crippen LogP contribution >= 0.6 is 0 Å². The standard InChI is InChI=1S/C49H48N4O5/c1-34-18-12-15-23-42(34)51-50-38-25-26-43(35(2)30-38)52-53-49-40-22-14-13-21-37(40)24-27-45(49)57-29-17-8-6-4-3-5-7-16-28-56-39-31-44(54)48-41(36-19-10-9-11-20-36)33-47(55)58-46(48)32-39/h9-15,18-27,30-33,54H,3-8,16-17,28-29H2,1-2H3. The lowest BCUT2D eigenvalue weighted by Gasteiger charge is -2.11. The summed E-state index contributed by atoms with van der Waals surface area (Å²) in [5, 5.41) is 31.6. The fourth-order valence-electron chi connectivity index (χ4n) is 6.98. The summed E-state index contributed by atoms with van der Waals surface area (Å²) in [6, 6.07) is 40.1. The zero-order valence-electron chi connectivity index (χ0n) is 33.1. The molecule has 1 N–H and O–H groups in total. The first-order chi connectivity index (χ1) is 28.4. The van der Waals surface area contributed by atoms with Crippen molar-refractivity contribution < 1.29 is 19.0 Å². The zero-order valence-corrected chi connectivity index (χ0v) is 33.1. The van der Waals surface area contributed by atoms with Crippen LogP contribution in [0, 0.1) is 13.8 Å². The Labute approximate surface area is 338 Å². The Bertz CT molecular complexity index is 2600. The Morgan fingerprint density at radius 2 is 1.26 bits per heavy atom. The summed E-state index contributed by atoms with van der Waals surface area (Å²) in [6.45, 7) is 5.16. The van der Waals surface area contributed by atoms with Crippen LogP contribution in [0.1, 0.15) is 62.5 Å². The van der Waals surface area contributed by atoms with Crippen LogP contribution in [0.2, 0.25) is 0 Å². The highest BCUT2D eigenvalue weighted by molar-refractivity contribution is 5.98. The second-order valence-electron chi connectivity index (χ2n) is 14.5. The van der Waals surface area contributed by atoms with E-state index in [4.69, 9.17) is 19.0 Å². The number of benzene rings is 6.